The Labute approximate surface area is 839 Å². The molecule has 2 aromatic carbocycles. The molecule has 0 bridgehead atoms. The zero-order chi connectivity index (χ0) is 88.1. The Balaban J connectivity index is -0.000000456. The average Bonchev–Trinajstić information content (AvgIpc) is 1.62. The van der Waals surface area contributed by atoms with E-state index < -0.39 is 34.0 Å². The molecule has 0 atom stereocenters. The first-order chi connectivity index (χ1) is 55.4. The molecule has 5 aliphatic rings. The van der Waals surface area contributed by atoms with Crippen LogP contribution in [0.5, 0.6) is 0 Å². The predicted molar refractivity (Wildman–Crippen MR) is 477 cm³/mol. The third-order valence-electron chi connectivity index (χ3n) is 18.0. The Morgan fingerprint density at radius 2 is 0.920 bits per heavy atom. The maximum Gasteiger partial charge on any atom is 1.00 e. The Morgan fingerprint density at radius 1 is 0.568 bits per heavy atom. The Bertz CT molecular complexity index is 4600. The SMILES string of the molecule is C.C.C.C.C.CC(C)(C)OC(=O)N1CC=C(B2OC(C)(C)C(C)(C)O2)CC1.CC(C)(C)OC(=O)N1CC=C(c2ccc(C#N)cn2)CC1.CC(C)c1ccc(CC(=O)N2CC=C(c3ccc(C#N)cn3)CC2)cc1.CC(C)c1ccc(CC(=O)O)cc1.N#Cc1ccc(C2=CCNCC2)nc1.N#Cc1ccc(Cl)nc1.O=C(C(Cl)Cl)C(F)(F)F.O=CO[O-].[H-].[K+].[K+]. The van der Waals surface area contributed by atoms with Crippen molar-refractivity contribution in [3.63, 3.8) is 0 Å². The Kier molecular flexibility index (Phi) is 60.4. The second kappa shape index (κ2) is 61.0. The van der Waals surface area contributed by atoms with E-state index in [4.69, 9.17) is 66.6 Å². The third kappa shape index (κ3) is 45.8. The maximum absolute atomic E-state index is 12.6. The molecule has 0 aliphatic carbocycles. The van der Waals surface area contributed by atoms with Gasteiger partial charge >= 0.3 is 134 Å². The summed E-state index contributed by atoms with van der Waals surface area (Å²) in [7, 11) is -0.314. The fraction of sp³-hybridized carbons (Fsp3) is 0.451. The molecule has 1 saturated heterocycles. The molecule has 5 aliphatic heterocycles. The number of carboxylic acids is 1. The molecule has 9 heterocycles. The van der Waals surface area contributed by atoms with Crippen molar-refractivity contribution in [3.05, 3.63) is 218 Å². The van der Waals surface area contributed by atoms with Crippen LogP contribution in [-0.4, -0.2) is 169 Å². The number of hydrogen-bond donors (Lipinski definition) is 2. The number of nitrogens with one attached hydrogen (secondary N) is 1. The summed E-state index contributed by atoms with van der Waals surface area (Å²) < 4.78 is 56.4. The van der Waals surface area contributed by atoms with E-state index in [0.717, 1.165) is 83.6 Å². The minimum absolute atomic E-state index is 0. The van der Waals surface area contributed by atoms with Gasteiger partial charge in [0.15, 0.2) is 4.84 Å². The second-order valence-corrected chi connectivity index (χ2v) is 31.9. The van der Waals surface area contributed by atoms with Crippen molar-refractivity contribution < 1.29 is 180 Å². The molecule has 0 radical (unpaired) electrons. The van der Waals surface area contributed by atoms with Crippen LogP contribution in [-0.2, 0) is 55.7 Å². The van der Waals surface area contributed by atoms with Crippen LogP contribution in [0.4, 0.5) is 22.8 Å². The summed E-state index contributed by atoms with van der Waals surface area (Å²) >= 11 is 14.7. The van der Waals surface area contributed by atoms with Crippen molar-refractivity contribution in [2.45, 2.75) is 218 Å². The van der Waals surface area contributed by atoms with Crippen molar-refractivity contribution in [3.8, 4) is 24.3 Å². The molecule has 11 rings (SSSR count). The van der Waals surface area contributed by atoms with E-state index in [9.17, 15) is 37.1 Å². The van der Waals surface area contributed by atoms with Crippen LogP contribution >= 0.6 is 34.8 Å². The molecular formula is C91H121BCl3F3K2N12O13. The van der Waals surface area contributed by atoms with Crippen LogP contribution < -0.4 is 113 Å². The van der Waals surface area contributed by atoms with Gasteiger partial charge in [-0.2, -0.15) is 34.2 Å². The number of ketones is 1. The number of aliphatic carboxylic acids is 1. The summed E-state index contributed by atoms with van der Waals surface area (Å²) in [6, 6.07) is 38.4. The zero-order valence-electron chi connectivity index (χ0n) is 71.7. The maximum atomic E-state index is 12.6. The van der Waals surface area contributed by atoms with Gasteiger partial charge in [-0.1, -0.05) is 172 Å². The average molecular weight is 1840 g/mol. The summed E-state index contributed by atoms with van der Waals surface area (Å²) in [5.41, 5.74) is 12.5. The van der Waals surface area contributed by atoms with Gasteiger partial charge in [0.25, 0.3) is 12.3 Å². The zero-order valence-corrected chi connectivity index (χ0v) is 79.2. The number of alkyl halides is 5. The number of nitrogens with zero attached hydrogens (tertiary/aromatic N) is 11. The fourth-order valence-electron chi connectivity index (χ4n) is 10.8. The second-order valence-electron chi connectivity index (χ2n) is 30.5. The van der Waals surface area contributed by atoms with Gasteiger partial charge < -0.3 is 55.5 Å². The largest absolute Gasteiger partial charge is 1.00 e. The molecule has 0 unspecified atom stereocenters. The van der Waals surface area contributed by atoms with E-state index in [1.54, 1.807) is 52.7 Å². The number of carbonyl (C=O) groups excluding carboxylic acids is 5. The molecule has 6 aromatic rings. The number of amides is 3. The summed E-state index contributed by atoms with van der Waals surface area (Å²) in [4.78, 5) is 87.8. The van der Waals surface area contributed by atoms with E-state index in [1.165, 1.54) is 22.9 Å². The van der Waals surface area contributed by atoms with Crippen LogP contribution in [0.15, 0.2) is 152 Å². The molecule has 2 N–H and O–H groups in total. The van der Waals surface area contributed by atoms with Crippen molar-refractivity contribution in [1.29, 1.82) is 21.0 Å². The molecular weight excluding hydrogens is 1720 g/mol. The normalized spacial score (nSPS) is 14.2. The molecule has 670 valence electrons. The molecule has 4 aromatic heterocycles. The van der Waals surface area contributed by atoms with Gasteiger partial charge in [-0.3, -0.25) is 34.1 Å². The fourth-order valence-corrected chi connectivity index (χ4v) is 11.1. The quantitative estimate of drug-likeness (QED) is 0.0287. The molecule has 3 amide bonds. The molecule has 34 heteroatoms. The predicted octanol–water partition coefficient (Wildman–Crippen LogP) is 13.1. The third-order valence-corrected chi connectivity index (χ3v) is 18.6. The van der Waals surface area contributed by atoms with E-state index in [-0.39, 0.29) is 191 Å². The van der Waals surface area contributed by atoms with Gasteiger partial charge in [0, 0.05) is 70.6 Å². The number of pyridine rings is 4. The summed E-state index contributed by atoms with van der Waals surface area (Å²) in [5.74, 6) is -1.76. The minimum Gasteiger partial charge on any atom is -1.00 e. The number of Topliss-reactive ketones (excluding diaryl/α,β-unsaturated/α-hetero) is 1. The first kappa shape index (κ1) is 124. The number of halogens is 6. The van der Waals surface area contributed by atoms with Crippen LogP contribution in [0.25, 0.3) is 16.7 Å². The molecule has 0 saturated carbocycles. The molecule has 1 fully saturated rings. The van der Waals surface area contributed by atoms with E-state index in [0.29, 0.717) is 84.9 Å². The van der Waals surface area contributed by atoms with E-state index in [2.05, 4.69) is 130 Å². The van der Waals surface area contributed by atoms with Crippen LogP contribution in [0.1, 0.15) is 235 Å². The number of benzene rings is 2. The number of hydrogen-bond acceptors (Lipinski definition) is 21. The Hall–Kier alpha value is -7.58. The number of aromatic nitrogens is 4. The van der Waals surface area contributed by atoms with Crippen molar-refractivity contribution in [2.24, 2.45) is 0 Å². The van der Waals surface area contributed by atoms with Gasteiger partial charge in [0.05, 0.1) is 63.4 Å². The summed E-state index contributed by atoms with van der Waals surface area (Å²) in [6.45, 7) is 33.3. The number of ether oxygens (including phenoxy) is 2. The summed E-state index contributed by atoms with van der Waals surface area (Å²) in [5, 5.41) is 55.2. The van der Waals surface area contributed by atoms with Gasteiger partial charge in [-0.05, 0) is 206 Å². The number of carbonyl (C=O) groups is 6. The number of carboxylic acid groups (broad SMARTS) is 1. The first-order valence-corrected chi connectivity index (χ1v) is 38.9. The van der Waals surface area contributed by atoms with Crippen LogP contribution in [0.2, 0.25) is 5.15 Å². The minimum atomic E-state index is -4.92. The van der Waals surface area contributed by atoms with E-state index >= 15 is 0 Å². The Morgan fingerprint density at radius 3 is 1.18 bits per heavy atom. The monoisotopic (exact) mass is 1840 g/mol. The topological polar surface area (TPSA) is 360 Å². The van der Waals surface area contributed by atoms with Gasteiger partial charge in [0.2, 0.25) is 5.91 Å². The number of nitriles is 4. The van der Waals surface area contributed by atoms with Gasteiger partial charge in [-0.15, -0.1) is 0 Å². The van der Waals surface area contributed by atoms with Crippen LogP contribution in [0, 0.1) is 45.3 Å². The molecule has 125 heavy (non-hydrogen) atoms. The standard InChI is InChI=1S/C22H23N3O.C16H28BNO4.C16H19N3O2.C11H11N3.C11H14O2.C6H3ClN2.C3HCl2F3O.CH2O3.5CH4.2K.H/c1-16(2)19-6-3-17(4-7-19)13-22(26)25-11-9-20(10-12-25)21-8-5-18(14-23)15-24-21;1-14(2,3)20-13(19)18-10-8-12(9-11-18)17-21-15(4,5)16(6,7)22-17;1-16(2,3)21-15(20)19-8-6-13(7-9-19)14-5-4-12(10-17)11-18-14;12-7-9-1-2-11(14-8-9)10-3-5-13-6-4-10;1-8(2)10-5-3-9(4-6-10)7-11(12)13;7-6-2-1-5(3-8)4-9-6;4-2(5)1(9)3(6,7)8;2-1-4-3;;;;;;;;/h3-9,15-16H,10-13H2,1-2H3;8H,9-11H2,1-7H3;4-6,11H,7-9H2,1-3H3;1-3,8,13H,4-6H2;3-6,8H,7H2,1-2H3,(H,12,13);1-2,4H;2H;1,3H;5*1H4;;;/q;;;;;;;;;;;;;2*+1;-1/p-1. The molecule has 0 spiro atoms. The van der Waals surface area contributed by atoms with Crippen molar-refractivity contribution in [1.82, 2.24) is 40.0 Å². The van der Waals surface area contributed by atoms with Gasteiger partial charge in [0.1, 0.15) is 40.6 Å². The van der Waals surface area contributed by atoms with Crippen molar-refractivity contribution in [2.75, 3.05) is 52.4 Å². The smallest absolute Gasteiger partial charge is 1.00 e. The van der Waals surface area contributed by atoms with Crippen molar-refractivity contribution >= 4 is 95.0 Å². The van der Waals surface area contributed by atoms with Crippen LogP contribution in [0.3, 0.4) is 0 Å². The van der Waals surface area contributed by atoms with Gasteiger partial charge in [-0.25, -0.2) is 14.6 Å². The number of rotatable bonds is 12. The molecule has 25 nitrogen and oxygen atoms in total. The first-order valence-electron chi connectivity index (χ1n) is 37.6. The van der Waals surface area contributed by atoms with E-state index in [1.807, 2.05) is 147 Å². The summed E-state index contributed by atoms with van der Waals surface area (Å²) in [6.07, 6.45) is 12.8.